The van der Waals surface area contributed by atoms with Crippen LogP contribution in [0.25, 0.3) is 0 Å². The van der Waals surface area contributed by atoms with Crippen LogP contribution >= 0.6 is 23.5 Å². The smallest absolute Gasteiger partial charge is 0.304 e. The van der Waals surface area contributed by atoms with Gasteiger partial charge in [-0.2, -0.15) is 11.8 Å². The van der Waals surface area contributed by atoms with Crippen molar-refractivity contribution >= 4 is 29.5 Å². The van der Waals surface area contributed by atoms with Gasteiger partial charge >= 0.3 is 5.97 Å². The molecule has 0 saturated carbocycles. The highest BCUT2D eigenvalue weighted by atomic mass is 32.2. The van der Waals surface area contributed by atoms with Crippen molar-refractivity contribution in [3.05, 3.63) is 30.3 Å². The Morgan fingerprint density at radius 3 is 2.53 bits per heavy atom. The zero-order valence-electron chi connectivity index (χ0n) is 8.39. The van der Waals surface area contributed by atoms with E-state index < -0.39 is 5.97 Å². The molecule has 4 heteroatoms. The lowest BCUT2D eigenvalue weighted by Gasteiger charge is -2.00. The van der Waals surface area contributed by atoms with E-state index in [1.807, 2.05) is 30.0 Å². The van der Waals surface area contributed by atoms with Crippen molar-refractivity contribution in [3.8, 4) is 0 Å². The fourth-order valence-electron chi connectivity index (χ4n) is 0.997. The Balaban J connectivity index is 2.00. The molecule has 0 aromatic heterocycles. The standard InChI is InChI=1S/C11H14O2S2/c12-11(13)6-7-14-8-9-15-10-4-2-1-3-5-10/h1-5H,6-9H2,(H,12,13). The minimum atomic E-state index is -0.710. The molecule has 1 aromatic carbocycles. The first-order valence-electron chi connectivity index (χ1n) is 4.76. The van der Waals surface area contributed by atoms with E-state index in [0.29, 0.717) is 5.75 Å². The summed E-state index contributed by atoms with van der Waals surface area (Å²) in [6.45, 7) is 0. The summed E-state index contributed by atoms with van der Waals surface area (Å²) in [5.41, 5.74) is 0. The van der Waals surface area contributed by atoms with Crippen molar-refractivity contribution in [2.45, 2.75) is 11.3 Å². The number of aliphatic carboxylic acids is 1. The van der Waals surface area contributed by atoms with Crippen LogP contribution in [0.2, 0.25) is 0 Å². The van der Waals surface area contributed by atoms with Crippen LogP contribution < -0.4 is 0 Å². The Morgan fingerprint density at radius 2 is 1.87 bits per heavy atom. The lowest BCUT2D eigenvalue weighted by atomic mass is 10.4. The van der Waals surface area contributed by atoms with Crippen molar-refractivity contribution < 1.29 is 9.90 Å². The molecule has 0 atom stereocenters. The van der Waals surface area contributed by atoms with E-state index in [1.54, 1.807) is 11.8 Å². The fraction of sp³-hybridized carbons (Fsp3) is 0.364. The van der Waals surface area contributed by atoms with E-state index in [0.717, 1.165) is 11.5 Å². The molecule has 0 aliphatic carbocycles. The van der Waals surface area contributed by atoms with E-state index in [9.17, 15) is 4.79 Å². The van der Waals surface area contributed by atoms with Gasteiger partial charge < -0.3 is 5.11 Å². The van der Waals surface area contributed by atoms with E-state index in [-0.39, 0.29) is 6.42 Å². The number of carboxylic acid groups (broad SMARTS) is 1. The fourth-order valence-corrected chi connectivity index (χ4v) is 2.91. The third kappa shape index (κ3) is 6.47. The van der Waals surface area contributed by atoms with Gasteiger partial charge in [0.25, 0.3) is 0 Å². The van der Waals surface area contributed by atoms with Gasteiger partial charge in [0, 0.05) is 22.2 Å². The molecular formula is C11H14O2S2. The Morgan fingerprint density at radius 1 is 1.13 bits per heavy atom. The van der Waals surface area contributed by atoms with Crippen LogP contribution in [0, 0.1) is 0 Å². The molecule has 0 bridgehead atoms. The predicted molar refractivity (Wildman–Crippen MR) is 66.7 cm³/mol. The SMILES string of the molecule is O=C(O)CCSCCSc1ccccc1. The summed E-state index contributed by atoms with van der Waals surface area (Å²) >= 11 is 3.51. The Labute approximate surface area is 98.5 Å². The molecule has 0 amide bonds. The molecule has 0 spiro atoms. The summed E-state index contributed by atoms with van der Waals surface area (Å²) in [5.74, 6) is 2.05. The van der Waals surface area contributed by atoms with Gasteiger partial charge in [0.2, 0.25) is 0 Å². The molecule has 2 nitrogen and oxygen atoms in total. The molecule has 0 heterocycles. The minimum absolute atomic E-state index is 0.265. The topological polar surface area (TPSA) is 37.3 Å². The van der Waals surface area contributed by atoms with Crippen molar-refractivity contribution in [2.24, 2.45) is 0 Å². The molecule has 0 aliphatic heterocycles. The summed E-state index contributed by atoms with van der Waals surface area (Å²) in [6.07, 6.45) is 0.265. The molecule has 0 fully saturated rings. The van der Waals surface area contributed by atoms with Gasteiger partial charge in [-0.15, -0.1) is 11.8 Å². The summed E-state index contributed by atoms with van der Waals surface area (Å²) in [4.78, 5) is 11.5. The molecule has 82 valence electrons. The average Bonchev–Trinajstić information content (AvgIpc) is 2.24. The predicted octanol–water partition coefficient (Wildman–Crippen LogP) is 2.99. The van der Waals surface area contributed by atoms with Gasteiger partial charge in [-0.3, -0.25) is 4.79 Å². The highest BCUT2D eigenvalue weighted by Gasteiger charge is 1.97. The van der Waals surface area contributed by atoms with Gasteiger partial charge in [-0.1, -0.05) is 18.2 Å². The van der Waals surface area contributed by atoms with Gasteiger partial charge in [-0.25, -0.2) is 0 Å². The molecule has 0 radical (unpaired) electrons. The Hall–Kier alpha value is -0.610. The number of hydrogen-bond donors (Lipinski definition) is 1. The molecule has 1 N–H and O–H groups in total. The number of rotatable bonds is 7. The largest absolute Gasteiger partial charge is 0.481 e. The summed E-state index contributed by atoms with van der Waals surface area (Å²) in [6, 6.07) is 10.2. The monoisotopic (exact) mass is 242 g/mol. The lowest BCUT2D eigenvalue weighted by Crippen LogP contribution is -1.97. The zero-order chi connectivity index (χ0) is 10.9. The number of carboxylic acids is 1. The first kappa shape index (κ1) is 12.5. The number of benzene rings is 1. The Bertz CT molecular complexity index is 288. The number of carbonyl (C=O) groups is 1. The van der Waals surface area contributed by atoms with Crippen LogP contribution in [0.1, 0.15) is 6.42 Å². The molecule has 0 aliphatic rings. The minimum Gasteiger partial charge on any atom is -0.481 e. The molecule has 1 rings (SSSR count). The van der Waals surface area contributed by atoms with Crippen LogP contribution in [-0.4, -0.2) is 28.3 Å². The van der Waals surface area contributed by atoms with Crippen LogP contribution in [0.3, 0.4) is 0 Å². The van der Waals surface area contributed by atoms with Crippen LogP contribution in [0.15, 0.2) is 35.2 Å². The summed E-state index contributed by atoms with van der Waals surface area (Å²) in [7, 11) is 0. The van der Waals surface area contributed by atoms with Crippen LogP contribution in [0.5, 0.6) is 0 Å². The van der Waals surface area contributed by atoms with E-state index in [1.165, 1.54) is 4.90 Å². The van der Waals surface area contributed by atoms with Gasteiger partial charge in [-0.05, 0) is 12.1 Å². The van der Waals surface area contributed by atoms with Crippen molar-refractivity contribution in [3.63, 3.8) is 0 Å². The maximum Gasteiger partial charge on any atom is 0.304 e. The average molecular weight is 242 g/mol. The van der Waals surface area contributed by atoms with Crippen LogP contribution in [-0.2, 0) is 4.79 Å². The Kier molecular flexibility index (Phi) is 6.36. The van der Waals surface area contributed by atoms with E-state index in [4.69, 9.17) is 5.11 Å². The lowest BCUT2D eigenvalue weighted by molar-refractivity contribution is -0.136. The molecule has 0 saturated heterocycles. The van der Waals surface area contributed by atoms with E-state index >= 15 is 0 Å². The first-order valence-corrected chi connectivity index (χ1v) is 6.90. The molecular weight excluding hydrogens is 228 g/mol. The maximum atomic E-state index is 10.2. The van der Waals surface area contributed by atoms with Crippen LogP contribution in [0.4, 0.5) is 0 Å². The molecule has 15 heavy (non-hydrogen) atoms. The summed E-state index contributed by atoms with van der Waals surface area (Å²) in [5, 5.41) is 8.43. The third-order valence-corrected chi connectivity index (χ3v) is 3.96. The third-order valence-electron chi connectivity index (χ3n) is 1.70. The molecule has 0 unspecified atom stereocenters. The van der Waals surface area contributed by atoms with Crippen molar-refractivity contribution in [2.75, 3.05) is 17.3 Å². The maximum absolute atomic E-state index is 10.2. The second-order valence-electron chi connectivity index (χ2n) is 2.92. The molecule has 1 aromatic rings. The van der Waals surface area contributed by atoms with Crippen molar-refractivity contribution in [1.29, 1.82) is 0 Å². The quantitative estimate of drug-likeness (QED) is 0.589. The normalized spacial score (nSPS) is 10.1. The second-order valence-corrected chi connectivity index (χ2v) is 5.31. The first-order chi connectivity index (χ1) is 7.29. The van der Waals surface area contributed by atoms with Crippen molar-refractivity contribution in [1.82, 2.24) is 0 Å². The zero-order valence-corrected chi connectivity index (χ0v) is 10.0. The van der Waals surface area contributed by atoms with Gasteiger partial charge in [0.1, 0.15) is 0 Å². The van der Waals surface area contributed by atoms with E-state index in [2.05, 4.69) is 12.1 Å². The number of hydrogen-bond acceptors (Lipinski definition) is 3. The second kappa shape index (κ2) is 7.65. The highest BCUT2D eigenvalue weighted by molar-refractivity contribution is 8.02. The number of thioether (sulfide) groups is 2. The van der Waals surface area contributed by atoms with Gasteiger partial charge in [0.15, 0.2) is 0 Å². The van der Waals surface area contributed by atoms with Gasteiger partial charge in [0.05, 0.1) is 6.42 Å². The summed E-state index contributed by atoms with van der Waals surface area (Å²) < 4.78 is 0. The highest BCUT2D eigenvalue weighted by Crippen LogP contribution is 2.18.